The SMILES string of the molecule is CCCCCCC/C=C\C/C=C\C/C=C\CCCCCCCCCCCCCCCCCCCCCCCCC(=O)NC(CO)C(O)/C=C/CC/C=C/CCCCCCCCCCCC. The third kappa shape index (κ3) is 52.9. The highest BCUT2D eigenvalue weighted by Gasteiger charge is 2.18. The lowest BCUT2D eigenvalue weighted by molar-refractivity contribution is -0.123. The molecule has 2 unspecified atom stereocenters. The summed E-state index contributed by atoms with van der Waals surface area (Å²) in [7, 11) is 0. The molecule has 3 N–H and O–H groups in total. The topological polar surface area (TPSA) is 69.6 Å². The number of unbranched alkanes of at least 4 members (excludes halogenated alkanes) is 38. The molecule has 0 radical (unpaired) electrons. The average molecular weight is 909 g/mol. The van der Waals surface area contributed by atoms with Crippen LogP contribution in [0.2, 0.25) is 0 Å². The van der Waals surface area contributed by atoms with E-state index in [1.165, 1.54) is 238 Å². The van der Waals surface area contributed by atoms with Crippen LogP contribution in [0, 0.1) is 0 Å². The van der Waals surface area contributed by atoms with Gasteiger partial charge in [0.05, 0.1) is 18.8 Å². The van der Waals surface area contributed by atoms with Gasteiger partial charge in [-0.15, -0.1) is 0 Å². The predicted octanol–water partition coefficient (Wildman–Crippen LogP) is 19.2. The van der Waals surface area contributed by atoms with Gasteiger partial charge in [-0.3, -0.25) is 4.79 Å². The average Bonchev–Trinajstić information content (AvgIpc) is 3.31. The Morgan fingerprint density at radius 3 is 1.00 bits per heavy atom. The largest absolute Gasteiger partial charge is 0.394 e. The van der Waals surface area contributed by atoms with Crippen molar-refractivity contribution in [2.75, 3.05) is 6.61 Å². The molecule has 380 valence electrons. The molecule has 0 rings (SSSR count). The van der Waals surface area contributed by atoms with E-state index in [1.807, 2.05) is 6.08 Å². The summed E-state index contributed by atoms with van der Waals surface area (Å²) in [5.74, 6) is -0.0705. The van der Waals surface area contributed by atoms with Gasteiger partial charge in [0.15, 0.2) is 0 Å². The molecule has 0 spiro atoms. The second-order valence-electron chi connectivity index (χ2n) is 19.7. The van der Waals surface area contributed by atoms with Crippen LogP contribution in [0.5, 0.6) is 0 Å². The van der Waals surface area contributed by atoms with Crippen molar-refractivity contribution in [1.82, 2.24) is 5.32 Å². The van der Waals surface area contributed by atoms with Crippen LogP contribution in [-0.4, -0.2) is 34.9 Å². The van der Waals surface area contributed by atoms with Gasteiger partial charge in [-0.25, -0.2) is 0 Å². The smallest absolute Gasteiger partial charge is 0.220 e. The Morgan fingerprint density at radius 1 is 0.369 bits per heavy atom. The number of rotatable bonds is 53. The van der Waals surface area contributed by atoms with E-state index in [-0.39, 0.29) is 12.5 Å². The number of amides is 1. The molecule has 0 heterocycles. The van der Waals surface area contributed by atoms with Crippen LogP contribution < -0.4 is 5.32 Å². The molecule has 0 aromatic heterocycles. The number of hydrogen-bond acceptors (Lipinski definition) is 3. The maximum absolute atomic E-state index is 12.5. The zero-order chi connectivity index (χ0) is 47.0. The maximum atomic E-state index is 12.5. The number of aliphatic hydroxyl groups excluding tert-OH is 2. The molecule has 0 aliphatic heterocycles. The van der Waals surface area contributed by atoms with Gasteiger partial charge in [-0.1, -0.05) is 286 Å². The second kappa shape index (κ2) is 56.4. The highest BCUT2D eigenvalue weighted by molar-refractivity contribution is 5.76. The molecule has 0 bridgehead atoms. The normalized spacial score (nSPS) is 13.2. The minimum Gasteiger partial charge on any atom is -0.394 e. The lowest BCUT2D eigenvalue weighted by atomic mass is 10.0. The molecule has 2 atom stereocenters. The van der Waals surface area contributed by atoms with Gasteiger partial charge < -0.3 is 15.5 Å². The van der Waals surface area contributed by atoms with E-state index in [2.05, 4.69) is 67.8 Å². The van der Waals surface area contributed by atoms with Crippen molar-refractivity contribution < 1.29 is 15.0 Å². The Hall–Kier alpha value is -1.91. The fraction of sp³-hybridized carbons (Fsp3) is 0.820. The van der Waals surface area contributed by atoms with Crippen LogP contribution in [0.25, 0.3) is 0 Å². The first-order valence-corrected chi connectivity index (χ1v) is 29.0. The molecule has 0 aliphatic carbocycles. The molecule has 0 aliphatic rings. The minimum atomic E-state index is -0.862. The van der Waals surface area contributed by atoms with Gasteiger partial charge in [-0.05, 0) is 70.6 Å². The van der Waals surface area contributed by atoms with E-state index >= 15 is 0 Å². The first kappa shape index (κ1) is 63.1. The van der Waals surface area contributed by atoms with Crippen LogP contribution in [-0.2, 0) is 4.79 Å². The van der Waals surface area contributed by atoms with Crippen LogP contribution in [0.3, 0.4) is 0 Å². The fourth-order valence-corrected chi connectivity index (χ4v) is 8.79. The molecule has 4 nitrogen and oxygen atoms in total. The first-order valence-electron chi connectivity index (χ1n) is 29.0. The van der Waals surface area contributed by atoms with E-state index in [0.29, 0.717) is 6.42 Å². The zero-order valence-corrected chi connectivity index (χ0v) is 43.8. The van der Waals surface area contributed by atoms with Gasteiger partial charge in [0.2, 0.25) is 5.91 Å². The summed E-state index contributed by atoms with van der Waals surface area (Å²) in [4.78, 5) is 12.5. The Labute approximate surface area is 406 Å². The van der Waals surface area contributed by atoms with Gasteiger partial charge in [0.1, 0.15) is 0 Å². The predicted molar refractivity (Wildman–Crippen MR) is 290 cm³/mol. The summed E-state index contributed by atoms with van der Waals surface area (Å²) in [6.07, 6.45) is 79.7. The van der Waals surface area contributed by atoms with E-state index < -0.39 is 12.1 Å². The van der Waals surface area contributed by atoms with E-state index in [9.17, 15) is 15.0 Å². The van der Waals surface area contributed by atoms with Crippen LogP contribution in [0.15, 0.2) is 60.8 Å². The van der Waals surface area contributed by atoms with Crippen molar-refractivity contribution >= 4 is 5.91 Å². The molecule has 0 aromatic carbocycles. The lowest BCUT2D eigenvalue weighted by Crippen LogP contribution is -2.45. The van der Waals surface area contributed by atoms with Crippen molar-refractivity contribution in [3.05, 3.63) is 60.8 Å². The molecular weight excluding hydrogens is 795 g/mol. The van der Waals surface area contributed by atoms with Gasteiger partial charge in [0, 0.05) is 6.42 Å². The summed E-state index contributed by atoms with van der Waals surface area (Å²) < 4.78 is 0. The standard InChI is InChI=1S/C61H113NO3/c1-3-5-7-9-11-13-15-17-19-21-22-23-24-25-26-27-28-29-30-31-32-33-34-35-36-37-38-39-40-41-43-45-47-49-51-53-55-57-61(65)62-59(58-63)60(64)56-54-52-50-48-46-44-42-20-18-16-14-12-10-8-6-4-2/h15,17,21-22,24-25,46,48,54,56,59-60,63-64H,3-14,16,18-20,23,26-45,47,49-53,55,57-58H2,1-2H3,(H,62,65)/b17-15-,22-21-,25-24-,48-46+,56-54+. The number of carbonyl (C=O) groups is 1. The van der Waals surface area contributed by atoms with Crippen LogP contribution >= 0.6 is 0 Å². The lowest BCUT2D eigenvalue weighted by Gasteiger charge is -2.19. The highest BCUT2D eigenvalue weighted by atomic mass is 16.3. The Bertz CT molecular complexity index is 1070. The van der Waals surface area contributed by atoms with Gasteiger partial charge >= 0.3 is 0 Å². The van der Waals surface area contributed by atoms with Crippen molar-refractivity contribution in [1.29, 1.82) is 0 Å². The summed E-state index contributed by atoms with van der Waals surface area (Å²) in [5, 5.41) is 23.1. The first-order chi connectivity index (χ1) is 32.2. The number of nitrogens with one attached hydrogen (secondary N) is 1. The number of hydrogen-bond donors (Lipinski definition) is 3. The second-order valence-corrected chi connectivity index (χ2v) is 19.7. The molecule has 1 amide bonds. The Kier molecular flexibility index (Phi) is 54.8. The number of allylic oxidation sites excluding steroid dienone is 9. The highest BCUT2D eigenvalue weighted by Crippen LogP contribution is 2.17. The zero-order valence-electron chi connectivity index (χ0n) is 43.8. The van der Waals surface area contributed by atoms with Crippen LogP contribution in [0.1, 0.15) is 303 Å². The molecule has 0 aromatic rings. The van der Waals surface area contributed by atoms with Crippen molar-refractivity contribution in [3.63, 3.8) is 0 Å². The molecule has 0 saturated heterocycles. The van der Waals surface area contributed by atoms with E-state index in [0.717, 1.165) is 44.9 Å². The summed E-state index contributed by atoms with van der Waals surface area (Å²) in [6, 6.07) is -0.639. The Balaban J connectivity index is 3.45. The van der Waals surface area contributed by atoms with Crippen molar-refractivity contribution in [2.24, 2.45) is 0 Å². The molecule has 4 heteroatoms. The van der Waals surface area contributed by atoms with Gasteiger partial charge in [-0.2, -0.15) is 0 Å². The molecule has 0 fully saturated rings. The van der Waals surface area contributed by atoms with E-state index in [1.54, 1.807) is 6.08 Å². The molecular formula is C61H113NO3. The quantitative estimate of drug-likeness (QED) is 0.0421. The minimum absolute atomic E-state index is 0.0705. The third-order valence-electron chi connectivity index (χ3n) is 13.2. The number of carbonyl (C=O) groups excluding carboxylic acids is 1. The maximum Gasteiger partial charge on any atom is 0.220 e. The van der Waals surface area contributed by atoms with Gasteiger partial charge in [0.25, 0.3) is 0 Å². The Morgan fingerprint density at radius 2 is 0.646 bits per heavy atom. The summed E-state index contributed by atoms with van der Waals surface area (Å²) in [6.45, 7) is 4.30. The molecule has 0 saturated carbocycles. The third-order valence-corrected chi connectivity index (χ3v) is 13.2. The summed E-state index contributed by atoms with van der Waals surface area (Å²) in [5.41, 5.74) is 0. The van der Waals surface area contributed by atoms with E-state index in [4.69, 9.17) is 0 Å². The van der Waals surface area contributed by atoms with Crippen molar-refractivity contribution in [2.45, 2.75) is 315 Å². The van der Waals surface area contributed by atoms with Crippen molar-refractivity contribution in [3.8, 4) is 0 Å². The summed E-state index contributed by atoms with van der Waals surface area (Å²) >= 11 is 0. The fourth-order valence-electron chi connectivity index (χ4n) is 8.79. The molecule has 65 heavy (non-hydrogen) atoms. The monoisotopic (exact) mass is 908 g/mol. The van der Waals surface area contributed by atoms with Crippen LogP contribution in [0.4, 0.5) is 0 Å². The number of aliphatic hydroxyl groups is 2.